The van der Waals surface area contributed by atoms with Crippen molar-refractivity contribution in [3.63, 3.8) is 0 Å². The van der Waals surface area contributed by atoms with Gasteiger partial charge in [-0.25, -0.2) is 0 Å². The van der Waals surface area contributed by atoms with Crippen LogP contribution in [0.5, 0.6) is 0 Å². The molecule has 0 spiro atoms. The van der Waals surface area contributed by atoms with E-state index in [0.717, 1.165) is 56.0 Å². The van der Waals surface area contributed by atoms with E-state index in [9.17, 15) is 9.59 Å². The molecule has 23 heavy (non-hydrogen) atoms. The van der Waals surface area contributed by atoms with Crippen LogP contribution in [-0.4, -0.2) is 54.3 Å². The summed E-state index contributed by atoms with van der Waals surface area (Å²) in [7, 11) is 0. The van der Waals surface area contributed by atoms with E-state index in [2.05, 4.69) is 17.1 Å². The van der Waals surface area contributed by atoms with Crippen molar-refractivity contribution in [1.29, 1.82) is 0 Å². The number of anilines is 1. The summed E-state index contributed by atoms with van der Waals surface area (Å²) >= 11 is 0. The zero-order chi connectivity index (χ0) is 15.5. The Kier molecular flexibility index (Phi) is 6.02. The van der Waals surface area contributed by atoms with E-state index < -0.39 is 0 Å². The van der Waals surface area contributed by atoms with Crippen LogP contribution in [0, 0.1) is 0 Å². The SMILES string of the molecule is CCCN1CCN(C(=O)c2ccc3c(c2)CCC(=O)N3)CC1.Cl. The summed E-state index contributed by atoms with van der Waals surface area (Å²) in [4.78, 5) is 28.4. The Morgan fingerprint density at radius 1 is 1.17 bits per heavy atom. The molecule has 0 saturated carbocycles. The first-order valence-corrected chi connectivity index (χ1v) is 8.12. The second-order valence-electron chi connectivity index (χ2n) is 6.05. The molecule has 2 amide bonds. The molecule has 1 saturated heterocycles. The Morgan fingerprint density at radius 3 is 2.61 bits per heavy atom. The molecule has 126 valence electrons. The smallest absolute Gasteiger partial charge is 0.253 e. The number of nitrogens with zero attached hydrogens (tertiary/aromatic N) is 2. The highest BCUT2D eigenvalue weighted by molar-refractivity contribution is 5.98. The average Bonchev–Trinajstić information content (AvgIpc) is 2.55. The van der Waals surface area contributed by atoms with Crippen molar-refractivity contribution in [2.75, 3.05) is 38.0 Å². The number of hydrogen-bond acceptors (Lipinski definition) is 3. The van der Waals surface area contributed by atoms with E-state index in [1.807, 2.05) is 23.1 Å². The third-order valence-electron chi connectivity index (χ3n) is 4.45. The van der Waals surface area contributed by atoms with Gasteiger partial charge in [0.25, 0.3) is 5.91 Å². The lowest BCUT2D eigenvalue weighted by molar-refractivity contribution is -0.116. The normalized spacial score (nSPS) is 18.0. The molecule has 0 aliphatic carbocycles. The number of halogens is 1. The third-order valence-corrected chi connectivity index (χ3v) is 4.45. The van der Waals surface area contributed by atoms with E-state index in [4.69, 9.17) is 0 Å². The van der Waals surface area contributed by atoms with Gasteiger partial charge in [0.2, 0.25) is 5.91 Å². The van der Waals surface area contributed by atoms with Gasteiger partial charge in [-0.2, -0.15) is 0 Å². The minimum atomic E-state index is 0. The second kappa shape index (κ2) is 7.79. The standard InChI is InChI=1S/C17H23N3O2.ClH/c1-2-7-19-8-10-20(11-9-19)17(22)14-3-5-15-13(12-14)4-6-16(21)18-15;/h3,5,12H,2,4,6-11H2,1H3,(H,18,21);1H. The summed E-state index contributed by atoms with van der Waals surface area (Å²) in [6.07, 6.45) is 2.37. The van der Waals surface area contributed by atoms with Gasteiger partial charge in [0, 0.05) is 43.9 Å². The molecular weight excluding hydrogens is 314 g/mol. The summed E-state index contributed by atoms with van der Waals surface area (Å²) in [6, 6.07) is 5.62. The Bertz CT molecular complexity index is 583. The maximum absolute atomic E-state index is 12.6. The molecule has 3 rings (SSSR count). The number of piperazine rings is 1. The third kappa shape index (κ3) is 4.03. The van der Waals surface area contributed by atoms with Gasteiger partial charge < -0.3 is 10.2 Å². The minimum Gasteiger partial charge on any atom is -0.336 e. The molecule has 2 heterocycles. The minimum absolute atomic E-state index is 0. The van der Waals surface area contributed by atoms with Gasteiger partial charge in [-0.05, 0) is 43.1 Å². The first kappa shape index (κ1) is 17.8. The van der Waals surface area contributed by atoms with Gasteiger partial charge in [0.1, 0.15) is 0 Å². The maximum Gasteiger partial charge on any atom is 0.253 e. The fourth-order valence-corrected chi connectivity index (χ4v) is 3.19. The molecule has 0 atom stereocenters. The second-order valence-corrected chi connectivity index (χ2v) is 6.05. The van der Waals surface area contributed by atoms with Gasteiger partial charge >= 0.3 is 0 Å². The molecule has 1 N–H and O–H groups in total. The molecule has 0 unspecified atom stereocenters. The molecule has 1 fully saturated rings. The van der Waals surface area contributed by atoms with Crippen LogP contribution in [0.1, 0.15) is 35.7 Å². The summed E-state index contributed by atoms with van der Waals surface area (Å²) in [5.41, 5.74) is 2.65. The molecule has 5 nitrogen and oxygen atoms in total. The topological polar surface area (TPSA) is 52.7 Å². The Labute approximate surface area is 143 Å². The fraction of sp³-hybridized carbons (Fsp3) is 0.529. The largest absolute Gasteiger partial charge is 0.336 e. The van der Waals surface area contributed by atoms with Gasteiger partial charge in [-0.3, -0.25) is 14.5 Å². The zero-order valence-electron chi connectivity index (χ0n) is 13.5. The quantitative estimate of drug-likeness (QED) is 0.919. The van der Waals surface area contributed by atoms with E-state index >= 15 is 0 Å². The summed E-state index contributed by atoms with van der Waals surface area (Å²) < 4.78 is 0. The number of aryl methyl sites for hydroxylation is 1. The predicted octanol–water partition coefficient (Wildman–Crippen LogP) is 2.16. The van der Waals surface area contributed by atoms with Crippen molar-refractivity contribution < 1.29 is 9.59 Å². The van der Waals surface area contributed by atoms with Crippen LogP contribution in [0.3, 0.4) is 0 Å². The number of carbonyl (C=O) groups excluding carboxylic acids is 2. The Balaban J connectivity index is 0.00000192. The number of amides is 2. The number of rotatable bonds is 3. The number of nitrogens with one attached hydrogen (secondary N) is 1. The highest BCUT2D eigenvalue weighted by Gasteiger charge is 2.23. The van der Waals surface area contributed by atoms with Crippen molar-refractivity contribution in [2.24, 2.45) is 0 Å². The molecular formula is C17H24ClN3O2. The zero-order valence-corrected chi connectivity index (χ0v) is 14.3. The predicted molar refractivity (Wildman–Crippen MR) is 93.3 cm³/mol. The van der Waals surface area contributed by atoms with E-state index in [-0.39, 0.29) is 24.2 Å². The van der Waals surface area contributed by atoms with Crippen LogP contribution in [0.25, 0.3) is 0 Å². The molecule has 0 bridgehead atoms. The fourth-order valence-electron chi connectivity index (χ4n) is 3.19. The van der Waals surface area contributed by atoms with Crippen LogP contribution in [-0.2, 0) is 11.2 Å². The molecule has 2 aliphatic rings. The molecule has 1 aromatic carbocycles. The Hall–Kier alpha value is -1.59. The molecule has 0 aromatic heterocycles. The van der Waals surface area contributed by atoms with E-state index in [0.29, 0.717) is 12.8 Å². The number of fused-ring (bicyclic) bond motifs is 1. The van der Waals surface area contributed by atoms with Crippen molar-refractivity contribution in [3.05, 3.63) is 29.3 Å². The lowest BCUT2D eigenvalue weighted by Crippen LogP contribution is -2.48. The molecule has 1 aromatic rings. The van der Waals surface area contributed by atoms with E-state index in [1.165, 1.54) is 0 Å². The highest BCUT2D eigenvalue weighted by atomic mass is 35.5. The monoisotopic (exact) mass is 337 g/mol. The van der Waals surface area contributed by atoms with Crippen LogP contribution in [0.4, 0.5) is 5.69 Å². The van der Waals surface area contributed by atoms with Crippen molar-refractivity contribution in [1.82, 2.24) is 9.80 Å². The Morgan fingerprint density at radius 2 is 1.91 bits per heavy atom. The van der Waals surface area contributed by atoms with Crippen LogP contribution >= 0.6 is 12.4 Å². The van der Waals surface area contributed by atoms with Crippen molar-refractivity contribution in [2.45, 2.75) is 26.2 Å². The summed E-state index contributed by atoms with van der Waals surface area (Å²) in [6.45, 7) is 6.81. The van der Waals surface area contributed by atoms with Crippen molar-refractivity contribution in [3.8, 4) is 0 Å². The van der Waals surface area contributed by atoms with Gasteiger partial charge in [0.05, 0.1) is 0 Å². The lowest BCUT2D eigenvalue weighted by atomic mass is 10.00. The van der Waals surface area contributed by atoms with Gasteiger partial charge in [-0.1, -0.05) is 6.92 Å². The lowest BCUT2D eigenvalue weighted by Gasteiger charge is -2.34. The molecule has 2 aliphatic heterocycles. The van der Waals surface area contributed by atoms with Crippen LogP contribution in [0.15, 0.2) is 18.2 Å². The first-order valence-electron chi connectivity index (χ1n) is 8.12. The van der Waals surface area contributed by atoms with E-state index in [1.54, 1.807) is 0 Å². The van der Waals surface area contributed by atoms with Gasteiger partial charge in [-0.15, -0.1) is 12.4 Å². The van der Waals surface area contributed by atoms with Gasteiger partial charge in [0.15, 0.2) is 0 Å². The molecule has 0 radical (unpaired) electrons. The maximum atomic E-state index is 12.6. The van der Waals surface area contributed by atoms with Crippen molar-refractivity contribution >= 4 is 29.9 Å². The van der Waals surface area contributed by atoms with Crippen LogP contribution < -0.4 is 5.32 Å². The summed E-state index contributed by atoms with van der Waals surface area (Å²) in [5, 5.41) is 2.85. The highest BCUT2D eigenvalue weighted by Crippen LogP contribution is 2.24. The first-order chi connectivity index (χ1) is 10.7. The van der Waals surface area contributed by atoms with Crippen LogP contribution in [0.2, 0.25) is 0 Å². The molecule has 6 heteroatoms. The average molecular weight is 338 g/mol. The summed E-state index contributed by atoms with van der Waals surface area (Å²) in [5.74, 6) is 0.162. The number of carbonyl (C=O) groups is 2. The number of hydrogen-bond donors (Lipinski definition) is 1. The number of benzene rings is 1.